The Kier molecular flexibility index (Phi) is 5.48. The lowest BCUT2D eigenvalue weighted by Crippen LogP contribution is -2.61. The maximum Gasteiger partial charge on any atom is 0.491 e. The molecule has 132 valence electrons. The van der Waals surface area contributed by atoms with Crippen molar-refractivity contribution in [1.82, 2.24) is 4.90 Å². The van der Waals surface area contributed by atoms with Crippen LogP contribution in [0.25, 0.3) is 0 Å². The van der Waals surface area contributed by atoms with Gasteiger partial charge in [-0.3, -0.25) is 10.5 Å². The number of piperidine rings is 1. The number of ether oxygens (including phenoxy) is 1. The minimum absolute atomic E-state index is 0.328. The molecule has 1 aromatic carbocycles. The zero-order valence-electron chi connectivity index (χ0n) is 13.0. The van der Waals surface area contributed by atoms with Crippen LogP contribution in [0.5, 0.6) is 0 Å². The smallest absolute Gasteiger partial charge is 0.427 e. The van der Waals surface area contributed by atoms with Gasteiger partial charge in [0, 0.05) is 19.5 Å². The van der Waals surface area contributed by atoms with E-state index in [1.54, 1.807) is 30.3 Å². The van der Waals surface area contributed by atoms with Gasteiger partial charge in [0.15, 0.2) is 0 Å². The summed E-state index contributed by atoms with van der Waals surface area (Å²) < 4.78 is 42.2. The molecule has 24 heavy (non-hydrogen) atoms. The van der Waals surface area contributed by atoms with Crippen molar-refractivity contribution < 1.29 is 27.5 Å². The van der Waals surface area contributed by atoms with Crippen LogP contribution in [0.1, 0.15) is 24.8 Å². The lowest BCUT2D eigenvalue weighted by Gasteiger charge is -2.35. The SMILES string of the molecule is N[C@@](Cc1ccccc1)(OC(=O)C(F)(F)F)C(=O)N1CCCCC1. The molecule has 1 fully saturated rings. The number of likely N-dealkylation sites (tertiary alicyclic amines) is 1. The van der Waals surface area contributed by atoms with E-state index in [0.717, 1.165) is 19.3 Å². The van der Waals surface area contributed by atoms with E-state index in [9.17, 15) is 22.8 Å². The summed E-state index contributed by atoms with van der Waals surface area (Å²) in [6.07, 6.45) is -3.14. The van der Waals surface area contributed by atoms with Crippen molar-refractivity contribution >= 4 is 11.9 Å². The summed E-state index contributed by atoms with van der Waals surface area (Å²) in [7, 11) is 0. The van der Waals surface area contributed by atoms with Crippen LogP contribution in [0.4, 0.5) is 13.2 Å². The highest BCUT2D eigenvalue weighted by molar-refractivity contribution is 5.88. The molecule has 1 heterocycles. The number of esters is 1. The fourth-order valence-electron chi connectivity index (χ4n) is 2.64. The average Bonchev–Trinajstić information content (AvgIpc) is 2.55. The highest BCUT2D eigenvalue weighted by atomic mass is 19.4. The maximum absolute atomic E-state index is 12.6. The van der Waals surface area contributed by atoms with Gasteiger partial charge in [-0.05, 0) is 24.8 Å². The number of carbonyl (C=O) groups excluding carboxylic acids is 2. The second kappa shape index (κ2) is 7.21. The van der Waals surface area contributed by atoms with Gasteiger partial charge in [0.05, 0.1) is 0 Å². The van der Waals surface area contributed by atoms with Crippen molar-refractivity contribution in [3.63, 3.8) is 0 Å². The molecule has 5 nitrogen and oxygen atoms in total. The molecule has 0 unspecified atom stereocenters. The van der Waals surface area contributed by atoms with E-state index in [2.05, 4.69) is 4.74 Å². The summed E-state index contributed by atoms with van der Waals surface area (Å²) in [4.78, 5) is 25.3. The number of halogens is 3. The van der Waals surface area contributed by atoms with Crippen molar-refractivity contribution in [3.05, 3.63) is 35.9 Å². The highest BCUT2D eigenvalue weighted by Gasteiger charge is 2.49. The van der Waals surface area contributed by atoms with E-state index < -0.39 is 23.8 Å². The number of hydrogen-bond acceptors (Lipinski definition) is 4. The molecule has 0 aromatic heterocycles. The van der Waals surface area contributed by atoms with Gasteiger partial charge in [-0.1, -0.05) is 30.3 Å². The second-order valence-electron chi connectivity index (χ2n) is 5.79. The lowest BCUT2D eigenvalue weighted by atomic mass is 10.00. The molecule has 1 saturated heterocycles. The molecule has 0 aliphatic carbocycles. The van der Waals surface area contributed by atoms with Crippen LogP contribution in [0.2, 0.25) is 0 Å². The van der Waals surface area contributed by atoms with Gasteiger partial charge in [-0.15, -0.1) is 0 Å². The summed E-state index contributed by atoms with van der Waals surface area (Å²) >= 11 is 0. The van der Waals surface area contributed by atoms with E-state index in [1.165, 1.54) is 4.90 Å². The van der Waals surface area contributed by atoms with Gasteiger partial charge in [0.1, 0.15) is 0 Å². The van der Waals surface area contributed by atoms with Crippen LogP contribution in [-0.2, 0) is 20.7 Å². The van der Waals surface area contributed by atoms with Gasteiger partial charge in [0.2, 0.25) is 5.72 Å². The molecule has 8 heteroatoms. The predicted octanol–water partition coefficient (Wildman–Crippen LogP) is 2.00. The van der Waals surface area contributed by atoms with Gasteiger partial charge in [-0.25, -0.2) is 4.79 Å². The molecule has 0 radical (unpaired) electrons. The molecule has 0 bridgehead atoms. The van der Waals surface area contributed by atoms with E-state index in [4.69, 9.17) is 5.73 Å². The first-order valence-corrected chi connectivity index (χ1v) is 7.65. The number of amides is 1. The van der Waals surface area contributed by atoms with Crippen molar-refractivity contribution in [2.24, 2.45) is 5.73 Å². The summed E-state index contributed by atoms with van der Waals surface area (Å²) in [5.41, 5.74) is 3.98. The van der Waals surface area contributed by atoms with E-state index in [0.29, 0.717) is 18.7 Å². The summed E-state index contributed by atoms with van der Waals surface area (Å²) in [5.74, 6) is -3.27. The molecule has 2 rings (SSSR count). The number of alkyl halides is 3. The lowest BCUT2D eigenvalue weighted by molar-refractivity contribution is -0.216. The van der Waals surface area contributed by atoms with Crippen LogP contribution in [0.3, 0.4) is 0 Å². The van der Waals surface area contributed by atoms with E-state index >= 15 is 0 Å². The molecule has 1 aliphatic rings. The van der Waals surface area contributed by atoms with E-state index in [1.807, 2.05) is 0 Å². The number of nitrogens with zero attached hydrogens (tertiary/aromatic N) is 1. The topological polar surface area (TPSA) is 72.6 Å². The molecular formula is C16H19F3N2O3. The Morgan fingerprint density at radius 2 is 1.67 bits per heavy atom. The minimum atomic E-state index is -5.22. The minimum Gasteiger partial charge on any atom is -0.427 e. The zero-order chi connectivity index (χ0) is 17.8. The Labute approximate surface area is 137 Å². The Morgan fingerprint density at radius 1 is 1.08 bits per heavy atom. The first-order chi connectivity index (χ1) is 11.2. The Hall–Kier alpha value is -2.09. The first kappa shape index (κ1) is 18.3. The summed E-state index contributed by atoms with van der Waals surface area (Å²) in [6.45, 7) is 0.770. The Morgan fingerprint density at radius 3 is 2.21 bits per heavy atom. The average molecular weight is 344 g/mol. The Bertz CT molecular complexity index is 586. The maximum atomic E-state index is 12.6. The Balaban J connectivity index is 2.25. The number of nitrogens with two attached hydrogens (primary N) is 1. The largest absolute Gasteiger partial charge is 0.491 e. The standard InChI is InChI=1S/C16H19F3N2O3/c17-16(18,19)14(23)24-15(20,11-12-7-3-1-4-8-12)13(22)21-9-5-2-6-10-21/h1,3-4,7-8H,2,5-6,9-11,20H2/t15-/m0/s1. The molecule has 0 saturated carbocycles. The molecule has 1 aromatic rings. The number of carbonyl (C=O) groups is 2. The fourth-order valence-corrected chi connectivity index (χ4v) is 2.64. The molecule has 0 spiro atoms. The third kappa shape index (κ3) is 4.47. The molecule has 2 N–H and O–H groups in total. The quantitative estimate of drug-likeness (QED) is 0.670. The van der Waals surface area contributed by atoms with Gasteiger partial charge in [0.25, 0.3) is 5.91 Å². The van der Waals surface area contributed by atoms with Gasteiger partial charge in [-0.2, -0.15) is 13.2 Å². The van der Waals surface area contributed by atoms with Gasteiger partial charge < -0.3 is 9.64 Å². The van der Waals surface area contributed by atoms with Crippen molar-refractivity contribution in [3.8, 4) is 0 Å². The molecular weight excluding hydrogens is 325 g/mol. The number of benzene rings is 1. The van der Waals surface area contributed by atoms with Crippen LogP contribution in [0, 0.1) is 0 Å². The monoisotopic (exact) mass is 344 g/mol. The van der Waals surface area contributed by atoms with Crippen LogP contribution in [0.15, 0.2) is 30.3 Å². The summed E-state index contributed by atoms with van der Waals surface area (Å²) in [6, 6.07) is 8.24. The fraction of sp³-hybridized carbons (Fsp3) is 0.500. The van der Waals surface area contributed by atoms with Crippen molar-refractivity contribution in [2.45, 2.75) is 37.6 Å². The molecule has 1 amide bonds. The van der Waals surface area contributed by atoms with Crippen molar-refractivity contribution in [2.75, 3.05) is 13.1 Å². The van der Waals surface area contributed by atoms with E-state index in [-0.39, 0.29) is 6.42 Å². The third-order valence-corrected chi connectivity index (χ3v) is 3.82. The number of hydrogen-bond donors (Lipinski definition) is 1. The number of rotatable bonds is 4. The van der Waals surface area contributed by atoms with Crippen LogP contribution >= 0.6 is 0 Å². The molecule has 1 aliphatic heterocycles. The second-order valence-corrected chi connectivity index (χ2v) is 5.79. The van der Waals surface area contributed by atoms with Crippen LogP contribution < -0.4 is 5.73 Å². The molecule has 1 atom stereocenters. The highest BCUT2D eigenvalue weighted by Crippen LogP contribution is 2.24. The van der Waals surface area contributed by atoms with Crippen molar-refractivity contribution in [1.29, 1.82) is 0 Å². The predicted molar refractivity (Wildman–Crippen MR) is 79.6 cm³/mol. The van der Waals surface area contributed by atoms with Gasteiger partial charge >= 0.3 is 12.1 Å². The van der Waals surface area contributed by atoms with Crippen LogP contribution in [-0.4, -0.2) is 41.8 Å². The first-order valence-electron chi connectivity index (χ1n) is 7.65. The summed E-state index contributed by atoms with van der Waals surface area (Å²) in [5, 5.41) is 0. The third-order valence-electron chi connectivity index (χ3n) is 3.82. The zero-order valence-corrected chi connectivity index (χ0v) is 13.0. The normalized spacial score (nSPS) is 17.9.